The van der Waals surface area contributed by atoms with Gasteiger partial charge in [-0.05, 0) is 5.92 Å². The number of methoxy groups -OCH3 is 1. The minimum absolute atomic E-state index is 0.0389. The lowest BCUT2D eigenvalue weighted by molar-refractivity contribution is -0.343. The summed E-state index contributed by atoms with van der Waals surface area (Å²) in [6, 6.07) is 0. The summed E-state index contributed by atoms with van der Waals surface area (Å²) < 4.78 is 21.1. The van der Waals surface area contributed by atoms with E-state index in [0.29, 0.717) is 0 Å². The molecule has 11 heteroatoms. The van der Waals surface area contributed by atoms with Crippen molar-refractivity contribution in [2.75, 3.05) is 13.7 Å². The second-order valence-corrected chi connectivity index (χ2v) is 7.35. The minimum Gasteiger partial charge on any atom is -0.472 e. The second kappa shape index (κ2) is 8.20. The van der Waals surface area contributed by atoms with Gasteiger partial charge in [-0.25, -0.2) is 4.79 Å². The molecule has 6 N–H and O–H groups in total. The summed E-state index contributed by atoms with van der Waals surface area (Å²) >= 11 is 0. The smallest absolute Gasteiger partial charge is 0.337 e. The second-order valence-electron chi connectivity index (χ2n) is 7.35. The molecule has 2 fully saturated rings. The van der Waals surface area contributed by atoms with Gasteiger partial charge in [0, 0.05) is 11.8 Å². The predicted molar refractivity (Wildman–Crippen MR) is 88.0 cm³/mol. The lowest BCUT2D eigenvalue weighted by Gasteiger charge is -2.43. The summed E-state index contributed by atoms with van der Waals surface area (Å²) in [4.78, 5) is 12.0. The molecule has 3 rings (SSSR count). The fraction of sp³-hybridized carbons (Fsp3) is 0.824. The minimum atomic E-state index is -1.64. The number of carbonyl (C=O) groups is 1. The van der Waals surface area contributed by atoms with Gasteiger partial charge in [0.15, 0.2) is 6.29 Å². The third-order valence-corrected chi connectivity index (χ3v) is 5.82. The number of aliphatic hydroxyl groups excluding tert-OH is 6. The summed E-state index contributed by atoms with van der Waals surface area (Å²) in [6.07, 6.45) is -9.96. The van der Waals surface area contributed by atoms with E-state index < -0.39 is 79.5 Å². The summed E-state index contributed by atoms with van der Waals surface area (Å²) in [5, 5.41) is 59.9. The van der Waals surface area contributed by atoms with Crippen LogP contribution < -0.4 is 0 Å². The van der Waals surface area contributed by atoms with E-state index in [-0.39, 0.29) is 5.57 Å². The van der Waals surface area contributed by atoms with Crippen molar-refractivity contribution < 1.29 is 54.4 Å². The molecule has 11 nitrogen and oxygen atoms in total. The number of aliphatic hydroxyl groups is 6. The average Bonchev–Trinajstić information content (AvgIpc) is 2.92. The van der Waals surface area contributed by atoms with Crippen LogP contribution >= 0.6 is 0 Å². The van der Waals surface area contributed by atoms with Crippen LogP contribution in [0.15, 0.2) is 11.8 Å². The molecule has 3 aliphatic rings. The van der Waals surface area contributed by atoms with Crippen molar-refractivity contribution >= 4 is 5.97 Å². The third kappa shape index (κ3) is 3.42. The van der Waals surface area contributed by atoms with E-state index in [2.05, 4.69) is 0 Å². The van der Waals surface area contributed by atoms with E-state index in [4.69, 9.17) is 18.9 Å². The molecule has 0 aromatic carbocycles. The Hall–Kier alpha value is -1.31. The van der Waals surface area contributed by atoms with Gasteiger partial charge in [0.25, 0.3) is 0 Å². The molecule has 0 spiro atoms. The van der Waals surface area contributed by atoms with Crippen molar-refractivity contribution in [2.24, 2.45) is 17.8 Å². The quantitative estimate of drug-likeness (QED) is 0.260. The molecule has 2 aliphatic heterocycles. The Kier molecular flexibility index (Phi) is 6.27. The maximum Gasteiger partial charge on any atom is 0.337 e. The standard InChI is InChI=1S/C17H26O11/c1-5-8-9(12(21)10(5)19)6(15(24)25-2)4-26-16(8)28-17-14(23)13(22)11(20)7(3-18)27-17/h4-5,7-14,16-23H,3H2,1-2H3/t5-,7-,8?,9?,10+,11-,12+,13+,14-,16+,17+/m1/s1. The first kappa shape index (κ1) is 21.4. The zero-order valence-corrected chi connectivity index (χ0v) is 15.4. The molecular formula is C17H26O11. The molecule has 0 aromatic rings. The average molecular weight is 406 g/mol. The van der Waals surface area contributed by atoms with E-state index in [9.17, 15) is 35.4 Å². The van der Waals surface area contributed by atoms with Crippen LogP contribution in [0.25, 0.3) is 0 Å². The van der Waals surface area contributed by atoms with E-state index >= 15 is 0 Å². The summed E-state index contributed by atoms with van der Waals surface area (Å²) in [7, 11) is 1.18. The molecule has 1 saturated carbocycles. The maximum absolute atomic E-state index is 12.0. The molecular weight excluding hydrogens is 380 g/mol. The van der Waals surface area contributed by atoms with Crippen LogP contribution in [0, 0.1) is 17.8 Å². The van der Waals surface area contributed by atoms with Crippen molar-refractivity contribution in [3.8, 4) is 0 Å². The number of hydrogen-bond acceptors (Lipinski definition) is 11. The number of carbonyl (C=O) groups excluding carboxylic acids is 1. The highest BCUT2D eigenvalue weighted by Crippen LogP contribution is 2.47. The molecule has 2 unspecified atom stereocenters. The van der Waals surface area contributed by atoms with Crippen LogP contribution in [0.1, 0.15) is 6.92 Å². The molecule has 2 heterocycles. The van der Waals surface area contributed by atoms with Crippen LogP contribution in [0.5, 0.6) is 0 Å². The molecule has 1 saturated heterocycles. The van der Waals surface area contributed by atoms with Crippen molar-refractivity contribution in [2.45, 2.75) is 56.1 Å². The Morgan fingerprint density at radius 3 is 2.32 bits per heavy atom. The maximum atomic E-state index is 12.0. The van der Waals surface area contributed by atoms with Gasteiger partial charge >= 0.3 is 5.97 Å². The van der Waals surface area contributed by atoms with Crippen molar-refractivity contribution in [1.82, 2.24) is 0 Å². The predicted octanol–water partition coefficient (Wildman–Crippen LogP) is -3.18. The molecule has 28 heavy (non-hydrogen) atoms. The topological polar surface area (TPSA) is 175 Å². The van der Waals surface area contributed by atoms with Gasteiger partial charge in [-0.2, -0.15) is 0 Å². The highest BCUT2D eigenvalue weighted by molar-refractivity contribution is 5.89. The Labute approximate surface area is 160 Å². The largest absolute Gasteiger partial charge is 0.472 e. The van der Waals surface area contributed by atoms with E-state index in [1.54, 1.807) is 6.92 Å². The lowest BCUT2D eigenvalue weighted by Crippen LogP contribution is -2.60. The SMILES string of the molecule is COC(=O)C1=CO[C@@H](O[C@@H]2O[C@H](CO)[C@@H](O)[C@H](O)[C@H]2O)C2C1[C@H](O)[C@@H](O)[C@@H]2C. The zero-order chi connectivity index (χ0) is 20.7. The van der Waals surface area contributed by atoms with Crippen LogP contribution in [0.3, 0.4) is 0 Å². The number of rotatable bonds is 4. The van der Waals surface area contributed by atoms with Crippen molar-refractivity contribution in [3.63, 3.8) is 0 Å². The lowest BCUT2D eigenvalue weighted by atomic mass is 9.82. The fourth-order valence-corrected chi connectivity index (χ4v) is 4.16. The van der Waals surface area contributed by atoms with Crippen LogP contribution in [0.4, 0.5) is 0 Å². The number of ether oxygens (including phenoxy) is 4. The highest BCUT2D eigenvalue weighted by Gasteiger charge is 2.57. The summed E-state index contributed by atoms with van der Waals surface area (Å²) in [6.45, 7) is 1.02. The molecule has 0 bridgehead atoms. The molecule has 0 radical (unpaired) electrons. The van der Waals surface area contributed by atoms with Gasteiger partial charge in [0.2, 0.25) is 6.29 Å². The number of fused-ring (bicyclic) bond motifs is 1. The summed E-state index contributed by atoms with van der Waals surface area (Å²) in [5.74, 6) is -2.82. The number of esters is 1. The van der Waals surface area contributed by atoms with Gasteiger partial charge in [0.05, 0.1) is 37.8 Å². The highest BCUT2D eigenvalue weighted by atomic mass is 16.8. The third-order valence-electron chi connectivity index (χ3n) is 5.82. The Bertz CT molecular complexity index is 608. The van der Waals surface area contributed by atoms with E-state index in [0.717, 1.165) is 6.26 Å². The van der Waals surface area contributed by atoms with Crippen LogP contribution in [0.2, 0.25) is 0 Å². The van der Waals surface area contributed by atoms with Gasteiger partial charge in [-0.15, -0.1) is 0 Å². The molecule has 160 valence electrons. The van der Waals surface area contributed by atoms with Gasteiger partial charge in [-0.1, -0.05) is 6.92 Å². The Morgan fingerprint density at radius 1 is 1.04 bits per heavy atom. The fourth-order valence-electron chi connectivity index (χ4n) is 4.16. The van der Waals surface area contributed by atoms with Gasteiger partial charge < -0.3 is 49.6 Å². The van der Waals surface area contributed by atoms with E-state index in [1.807, 2.05) is 0 Å². The zero-order valence-electron chi connectivity index (χ0n) is 15.4. The molecule has 0 amide bonds. The summed E-state index contributed by atoms with van der Waals surface area (Å²) in [5.41, 5.74) is 0.0389. The van der Waals surface area contributed by atoms with Crippen LogP contribution in [-0.2, 0) is 23.7 Å². The van der Waals surface area contributed by atoms with Crippen molar-refractivity contribution in [1.29, 1.82) is 0 Å². The number of hydrogen-bond donors (Lipinski definition) is 6. The van der Waals surface area contributed by atoms with Crippen LogP contribution in [-0.4, -0.2) is 99.5 Å². The monoisotopic (exact) mass is 406 g/mol. The van der Waals surface area contributed by atoms with E-state index in [1.165, 1.54) is 7.11 Å². The normalized spacial score (nSPS) is 48.4. The molecule has 1 aliphatic carbocycles. The first-order valence-electron chi connectivity index (χ1n) is 8.98. The Morgan fingerprint density at radius 2 is 1.71 bits per heavy atom. The first-order valence-corrected chi connectivity index (χ1v) is 8.98. The first-order chi connectivity index (χ1) is 13.2. The van der Waals surface area contributed by atoms with Gasteiger partial charge in [0.1, 0.15) is 24.4 Å². The molecule has 0 aromatic heterocycles. The molecule has 11 atom stereocenters. The van der Waals surface area contributed by atoms with Gasteiger partial charge in [-0.3, -0.25) is 0 Å². The Balaban J connectivity index is 1.84. The van der Waals surface area contributed by atoms with Crippen molar-refractivity contribution in [3.05, 3.63) is 11.8 Å².